The highest BCUT2D eigenvalue weighted by Gasteiger charge is 2.54. The monoisotopic (exact) mass is 576 g/mol. The van der Waals surface area contributed by atoms with Crippen molar-refractivity contribution in [2.24, 2.45) is 0 Å². The molecule has 43 heavy (non-hydrogen) atoms. The Bertz CT molecular complexity index is 1620. The van der Waals surface area contributed by atoms with Crippen LogP contribution in [-0.4, -0.2) is 25.7 Å². The topological polar surface area (TPSA) is 60.0 Å². The maximum atomic E-state index is 13.4. The summed E-state index contributed by atoms with van der Waals surface area (Å²) in [5.74, 6) is 1.63. The van der Waals surface area contributed by atoms with Gasteiger partial charge in [-0.1, -0.05) is 62.6 Å². The Hall–Kier alpha value is -4.45. The minimum atomic E-state index is -1.15. The standard InChI is InChI=1S/C37H40N2O4/c1-5-8-20-39(21-9-6-2)27-18-19-30-33(22-27)42-34-24-35(41-7-3)32(38-26-16-14-25(4)15-17-26)23-31(34)37(30)29-13-11-10-12-28(29)36(40)43-37/h10-19,22-24,38H,5-9,20-21H2,1-4H3. The second-order valence-corrected chi connectivity index (χ2v) is 11.4. The Labute approximate surface area is 254 Å². The minimum absolute atomic E-state index is 0.340. The van der Waals surface area contributed by atoms with E-state index in [1.165, 1.54) is 5.56 Å². The summed E-state index contributed by atoms with van der Waals surface area (Å²) in [5.41, 5.74) is 5.82. The van der Waals surface area contributed by atoms with Crippen molar-refractivity contribution in [1.82, 2.24) is 0 Å². The van der Waals surface area contributed by atoms with E-state index in [1.807, 2.05) is 55.5 Å². The van der Waals surface area contributed by atoms with Gasteiger partial charge in [0, 0.05) is 53.3 Å². The molecule has 0 saturated heterocycles. The number of ether oxygens (including phenoxy) is 3. The zero-order valence-corrected chi connectivity index (χ0v) is 25.5. The third-order valence-corrected chi connectivity index (χ3v) is 8.36. The maximum Gasteiger partial charge on any atom is 0.340 e. The zero-order chi connectivity index (χ0) is 30.0. The third kappa shape index (κ3) is 5.20. The number of aryl methyl sites for hydroxylation is 1. The molecule has 0 fully saturated rings. The van der Waals surface area contributed by atoms with E-state index in [9.17, 15) is 4.79 Å². The van der Waals surface area contributed by atoms with Gasteiger partial charge in [0.15, 0.2) is 5.60 Å². The number of hydrogen-bond donors (Lipinski definition) is 1. The van der Waals surface area contributed by atoms with Gasteiger partial charge in [-0.3, -0.25) is 0 Å². The molecule has 2 aliphatic rings. The molecular weight excluding hydrogens is 536 g/mol. The van der Waals surface area contributed by atoms with Crippen LogP contribution in [0.3, 0.4) is 0 Å². The SMILES string of the molecule is CCCCN(CCCC)c1ccc2c(c1)Oc1cc(OCC)c(Nc3ccc(C)cc3)cc1C21OC(=O)c2ccccc21. The maximum absolute atomic E-state index is 13.4. The molecule has 6 rings (SSSR count). The number of benzene rings is 4. The Morgan fingerprint density at radius 3 is 2.26 bits per heavy atom. The Morgan fingerprint density at radius 1 is 0.814 bits per heavy atom. The van der Waals surface area contributed by atoms with Crippen molar-refractivity contribution in [3.8, 4) is 17.2 Å². The van der Waals surface area contributed by atoms with Gasteiger partial charge in [-0.25, -0.2) is 4.79 Å². The van der Waals surface area contributed by atoms with Gasteiger partial charge in [-0.2, -0.15) is 0 Å². The lowest BCUT2D eigenvalue weighted by Gasteiger charge is -2.38. The van der Waals surface area contributed by atoms with Gasteiger partial charge in [-0.15, -0.1) is 0 Å². The average molecular weight is 577 g/mol. The summed E-state index contributed by atoms with van der Waals surface area (Å²) in [4.78, 5) is 15.9. The molecule has 0 amide bonds. The van der Waals surface area contributed by atoms with Gasteiger partial charge in [-0.05, 0) is 63.1 Å². The van der Waals surface area contributed by atoms with E-state index in [4.69, 9.17) is 14.2 Å². The normalized spacial score (nSPS) is 16.1. The average Bonchev–Trinajstić information content (AvgIpc) is 3.31. The van der Waals surface area contributed by atoms with E-state index < -0.39 is 5.60 Å². The second kappa shape index (κ2) is 12.0. The predicted octanol–water partition coefficient (Wildman–Crippen LogP) is 9.11. The molecule has 0 aliphatic carbocycles. The van der Waals surface area contributed by atoms with Crippen LogP contribution >= 0.6 is 0 Å². The van der Waals surface area contributed by atoms with Gasteiger partial charge in [0.05, 0.1) is 17.9 Å². The van der Waals surface area contributed by atoms with Gasteiger partial charge in [0.25, 0.3) is 0 Å². The largest absolute Gasteiger partial charge is 0.492 e. The first-order valence-electron chi connectivity index (χ1n) is 15.5. The smallest absolute Gasteiger partial charge is 0.340 e. The molecule has 222 valence electrons. The van der Waals surface area contributed by atoms with Crippen molar-refractivity contribution >= 4 is 23.0 Å². The minimum Gasteiger partial charge on any atom is -0.492 e. The Balaban J connectivity index is 1.53. The summed E-state index contributed by atoms with van der Waals surface area (Å²) in [7, 11) is 0. The van der Waals surface area contributed by atoms with E-state index in [0.717, 1.165) is 72.5 Å². The van der Waals surface area contributed by atoms with Crippen LogP contribution < -0.4 is 19.7 Å². The number of rotatable bonds is 11. The summed E-state index contributed by atoms with van der Waals surface area (Å²) in [6, 6.07) is 26.2. The zero-order valence-electron chi connectivity index (χ0n) is 25.5. The molecule has 0 radical (unpaired) electrons. The number of unbranched alkanes of at least 4 members (excludes halogenated alkanes) is 2. The molecule has 1 spiro atoms. The van der Waals surface area contributed by atoms with E-state index >= 15 is 0 Å². The van der Waals surface area contributed by atoms with Crippen LogP contribution in [0.25, 0.3) is 0 Å². The quantitative estimate of drug-likeness (QED) is 0.180. The lowest BCUT2D eigenvalue weighted by Crippen LogP contribution is -2.33. The molecule has 2 heterocycles. The lowest BCUT2D eigenvalue weighted by molar-refractivity contribution is 0.0224. The van der Waals surface area contributed by atoms with Crippen molar-refractivity contribution in [3.05, 3.63) is 107 Å². The van der Waals surface area contributed by atoms with E-state index in [-0.39, 0.29) is 5.97 Å². The molecule has 4 aromatic rings. The first-order chi connectivity index (χ1) is 21.0. The first-order valence-corrected chi connectivity index (χ1v) is 15.5. The first kappa shape index (κ1) is 28.7. The molecule has 1 N–H and O–H groups in total. The molecule has 6 heteroatoms. The van der Waals surface area contributed by atoms with Gasteiger partial charge >= 0.3 is 5.97 Å². The van der Waals surface area contributed by atoms with Crippen molar-refractivity contribution in [1.29, 1.82) is 0 Å². The number of fused-ring (bicyclic) bond motifs is 6. The highest BCUT2D eigenvalue weighted by atomic mass is 16.6. The molecule has 0 saturated carbocycles. The van der Waals surface area contributed by atoms with Crippen LogP contribution in [0.5, 0.6) is 17.2 Å². The molecule has 6 nitrogen and oxygen atoms in total. The number of carbonyl (C=O) groups is 1. The molecule has 2 aliphatic heterocycles. The van der Waals surface area contributed by atoms with Gasteiger partial charge in [0.1, 0.15) is 17.2 Å². The second-order valence-electron chi connectivity index (χ2n) is 11.4. The molecule has 1 unspecified atom stereocenters. The van der Waals surface area contributed by atoms with Crippen LogP contribution in [0, 0.1) is 6.92 Å². The fourth-order valence-electron chi connectivity index (χ4n) is 6.12. The Morgan fingerprint density at radius 2 is 1.53 bits per heavy atom. The number of nitrogens with zero attached hydrogens (tertiary/aromatic N) is 1. The highest BCUT2D eigenvalue weighted by molar-refractivity contribution is 5.97. The molecule has 4 aromatic carbocycles. The fraction of sp³-hybridized carbons (Fsp3) is 0.324. The van der Waals surface area contributed by atoms with Crippen LogP contribution in [0.1, 0.15) is 79.1 Å². The summed E-state index contributed by atoms with van der Waals surface area (Å²) >= 11 is 0. The number of hydrogen-bond acceptors (Lipinski definition) is 6. The Kier molecular flexibility index (Phi) is 8.02. The van der Waals surface area contributed by atoms with Crippen LogP contribution in [0.4, 0.5) is 17.1 Å². The number of carbonyl (C=O) groups excluding carboxylic acids is 1. The van der Waals surface area contributed by atoms with Crippen molar-refractivity contribution in [3.63, 3.8) is 0 Å². The summed E-state index contributed by atoms with van der Waals surface area (Å²) in [6.45, 7) is 10.9. The molecule has 1 atom stereocenters. The highest BCUT2D eigenvalue weighted by Crippen LogP contribution is 2.58. The summed E-state index contributed by atoms with van der Waals surface area (Å²) in [6.07, 6.45) is 4.50. The van der Waals surface area contributed by atoms with Crippen molar-refractivity contribution in [2.75, 3.05) is 29.9 Å². The molecule has 0 bridgehead atoms. The predicted molar refractivity (Wildman–Crippen MR) is 172 cm³/mol. The van der Waals surface area contributed by atoms with Crippen molar-refractivity contribution in [2.45, 2.75) is 59.0 Å². The van der Waals surface area contributed by atoms with Gasteiger partial charge in [0.2, 0.25) is 0 Å². The summed E-state index contributed by atoms with van der Waals surface area (Å²) < 4.78 is 19.3. The number of anilines is 3. The van der Waals surface area contributed by atoms with Crippen LogP contribution in [0.2, 0.25) is 0 Å². The van der Waals surface area contributed by atoms with Crippen LogP contribution in [0.15, 0.2) is 78.9 Å². The van der Waals surface area contributed by atoms with Crippen molar-refractivity contribution < 1.29 is 19.0 Å². The van der Waals surface area contributed by atoms with E-state index in [0.29, 0.717) is 29.4 Å². The summed E-state index contributed by atoms with van der Waals surface area (Å²) in [5, 5.41) is 3.54. The van der Waals surface area contributed by atoms with Crippen LogP contribution in [-0.2, 0) is 10.3 Å². The lowest BCUT2D eigenvalue weighted by atomic mass is 9.77. The van der Waals surface area contributed by atoms with E-state index in [2.05, 4.69) is 61.3 Å². The van der Waals surface area contributed by atoms with E-state index in [1.54, 1.807) is 0 Å². The fourth-order valence-corrected chi connectivity index (χ4v) is 6.12. The molecular formula is C37H40N2O4. The third-order valence-electron chi connectivity index (χ3n) is 8.36. The van der Waals surface area contributed by atoms with Gasteiger partial charge < -0.3 is 24.4 Å². The number of nitrogens with one attached hydrogen (secondary N) is 1. The number of esters is 1. The molecule has 0 aromatic heterocycles.